The first-order valence-corrected chi connectivity index (χ1v) is 11.6. The number of fused-ring (bicyclic) bond motifs is 1. The third-order valence-corrected chi connectivity index (χ3v) is 6.29. The molecule has 3 heterocycles. The summed E-state index contributed by atoms with van der Waals surface area (Å²) >= 11 is 5.97. The van der Waals surface area contributed by atoms with Crippen LogP contribution in [0.3, 0.4) is 0 Å². The van der Waals surface area contributed by atoms with Crippen LogP contribution in [0.5, 0.6) is 0 Å². The summed E-state index contributed by atoms with van der Waals surface area (Å²) in [5, 5.41) is 19.8. The predicted octanol–water partition coefficient (Wildman–Crippen LogP) is 3.51. The van der Waals surface area contributed by atoms with Gasteiger partial charge in [0, 0.05) is 32.0 Å². The van der Waals surface area contributed by atoms with Crippen LogP contribution in [0.4, 0.5) is 18.9 Å². The molecule has 1 fully saturated rings. The number of carbonyl (C=O) groups excluding carboxylic acids is 1. The van der Waals surface area contributed by atoms with Crippen molar-refractivity contribution in [2.75, 3.05) is 19.0 Å². The lowest BCUT2D eigenvalue weighted by molar-refractivity contribution is -0.102. The summed E-state index contributed by atoms with van der Waals surface area (Å²) in [6, 6.07) is 0.835. The Hall–Kier alpha value is -2.96. The van der Waals surface area contributed by atoms with E-state index in [1.165, 1.54) is 50.1 Å². The first-order valence-electron chi connectivity index (χ1n) is 11.2. The van der Waals surface area contributed by atoms with E-state index in [4.69, 9.17) is 16.3 Å². The topological polar surface area (TPSA) is 114 Å². The Labute approximate surface area is 210 Å². The molecule has 194 valence electrons. The highest BCUT2D eigenvalue weighted by molar-refractivity contribution is 6.30. The van der Waals surface area contributed by atoms with E-state index in [2.05, 4.69) is 25.7 Å². The van der Waals surface area contributed by atoms with Crippen LogP contribution >= 0.6 is 11.6 Å². The second-order valence-corrected chi connectivity index (χ2v) is 9.75. The number of hydrogen-bond donors (Lipinski definition) is 3. The zero-order valence-corrected chi connectivity index (χ0v) is 20.6. The molecule has 0 aliphatic heterocycles. The second kappa shape index (κ2) is 9.83. The molecule has 0 bridgehead atoms. The minimum Gasteiger partial charge on any atom is -0.387 e. The second-order valence-electron chi connectivity index (χ2n) is 9.31. The van der Waals surface area contributed by atoms with Gasteiger partial charge in [-0.15, -0.1) is 0 Å². The van der Waals surface area contributed by atoms with Gasteiger partial charge in [-0.2, -0.15) is 5.10 Å². The fraction of sp³-hybridized carbons (Fsp3) is 0.478. The molecule has 2 unspecified atom stereocenters. The molecule has 36 heavy (non-hydrogen) atoms. The third kappa shape index (κ3) is 5.40. The van der Waals surface area contributed by atoms with Crippen LogP contribution in [-0.4, -0.2) is 74.1 Å². The SMILES string of the molecule is COC1CC(Nc2cc(-c3cnn4cc(Cl)cnc34)ncc2C(=O)NC[C@@H](F)C(C)(C)O)CC1(F)F. The Morgan fingerprint density at radius 2 is 2.11 bits per heavy atom. The number of pyridine rings is 1. The van der Waals surface area contributed by atoms with Crippen LogP contribution in [0.25, 0.3) is 16.9 Å². The van der Waals surface area contributed by atoms with E-state index < -0.39 is 48.7 Å². The zero-order chi connectivity index (χ0) is 26.3. The number of hydrogen-bond acceptors (Lipinski definition) is 7. The van der Waals surface area contributed by atoms with Crippen LogP contribution < -0.4 is 10.6 Å². The van der Waals surface area contributed by atoms with E-state index in [1.54, 1.807) is 6.20 Å². The lowest BCUT2D eigenvalue weighted by Crippen LogP contribution is -2.42. The van der Waals surface area contributed by atoms with Gasteiger partial charge in [0.2, 0.25) is 0 Å². The van der Waals surface area contributed by atoms with Crippen molar-refractivity contribution in [1.82, 2.24) is 24.9 Å². The maximum absolute atomic E-state index is 14.3. The molecule has 3 N–H and O–H groups in total. The minimum atomic E-state index is -3.04. The van der Waals surface area contributed by atoms with Gasteiger partial charge in [0.1, 0.15) is 12.3 Å². The van der Waals surface area contributed by atoms with Crippen LogP contribution in [0, 0.1) is 0 Å². The molecule has 13 heteroatoms. The smallest absolute Gasteiger partial charge is 0.275 e. The van der Waals surface area contributed by atoms with Gasteiger partial charge in [-0.1, -0.05) is 11.6 Å². The molecule has 4 rings (SSSR count). The lowest BCUT2D eigenvalue weighted by Gasteiger charge is -2.23. The molecule has 1 aliphatic rings. The largest absolute Gasteiger partial charge is 0.387 e. The van der Waals surface area contributed by atoms with Crippen molar-refractivity contribution in [2.45, 2.75) is 56.5 Å². The first kappa shape index (κ1) is 26.1. The number of alkyl halides is 3. The molecule has 0 spiro atoms. The Bertz CT molecular complexity index is 1270. The number of aromatic nitrogens is 4. The average Bonchev–Trinajstić information content (AvgIpc) is 3.35. The van der Waals surface area contributed by atoms with Crippen molar-refractivity contribution in [3.05, 3.63) is 41.4 Å². The summed E-state index contributed by atoms with van der Waals surface area (Å²) in [5.74, 6) is -3.72. The number of halogens is 4. The van der Waals surface area contributed by atoms with Crippen LogP contribution in [0.15, 0.2) is 30.9 Å². The molecule has 1 aliphatic carbocycles. The molecule has 1 saturated carbocycles. The molecule has 3 aromatic heterocycles. The molecule has 0 saturated heterocycles. The van der Waals surface area contributed by atoms with Crippen molar-refractivity contribution in [3.63, 3.8) is 0 Å². The summed E-state index contributed by atoms with van der Waals surface area (Å²) in [4.78, 5) is 21.5. The quantitative estimate of drug-likeness (QED) is 0.411. The van der Waals surface area contributed by atoms with Gasteiger partial charge in [-0.25, -0.2) is 22.7 Å². The Morgan fingerprint density at radius 3 is 2.78 bits per heavy atom. The van der Waals surface area contributed by atoms with E-state index in [0.717, 1.165) is 0 Å². The van der Waals surface area contributed by atoms with Gasteiger partial charge in [-0.05, 0) is 26.3 Å². The molecule has 0 aromatic carbocycles. The van der Waals surface area contributed by atoms with Gasteiger partial charge < -0.3 is 20.5 Å². The highest BCUT2D eigenvalue weighted by Gasteiger charge is 2.49. The number of aliphatic hydroxyl groups is 1. The summed E-state index contributed by atoms with van der Waals surface area (Å²) in [5.41, 5.74) is -0.0425. The number of methoxy groups -OCH3 is 1. The number of nitrogens with one attached hydrogen (secondary N) is 2. The van der Waals surface area contributed by atoms with Crippen molar-refractivity contribution in [1.29, 1.82) is 0 Å². The maximum atomic E-state index is 14.3. The lowest BCUT2D eigenvalue weighted by atomic mass is 10.0. The van der Waals surface area contributed by atoms with E-state index in [9.17, 15) is 23.1 Å². The van der Waals surface area contributed by atoms with Gasteiger partial charge in [0.25, 0.3) is 11.8 Å². The van der Waals surface area contributed by atoms with E-state index >= 15 is 0 Å². The standard InChI is InChI=1S/C23H26ClF3N6O3/c1-22(2,35)18(25)10-30-21(34)15-8-28-16(14-9-31-33-11-12(24)7-29-20(14)33)5-17(15)32-13-4-19(36-3)23(26,27)6-13/h5,7-9,11,13,18-19,35H,4,6,10H2,1-3H3,(H,28,32)(H,30,34)/t13?,18-,19?/m1/s1. The average molecular weight is 527 g/mol. The van der Waals surface area contributed by atoms with Crippen LogP contribution in [0.2, 0.25) is 5.02 Å². The summed E-state index contributed by atoms with van der Waals surface area (Å²) in [6.45, 7) is 2.13. The minimum absolute atomic E-state index is 0.0181. The maximum Gasteiger partial charge on any atom is 0.275 e. The molecule has 0 radical (unpaired) electrons. The van der Waals surface area contributed by atoms with E-state index in [1.807, 2.05) is 0 Å². The molecule has 3 aromatic rings. The number of nitrogens with zero attached hydrogens (tertiary/aromatic N) is 4. The van der Waals surface area contributed by atoms with E-state index in [-0.39, 0.29) is 17.7 Å². The highest BCUT2D eigenvalue weighted by Crippen LogP contribution is 2.39. The Morgan fingerprint density at radius 1 is 1.36 bits per heavy atom. The monoisotopic (exact) mass is 526 g/mol. The highest BCUT2D eigenvalue weighted by atomic mass is 35.5. The van der Waals surface area contributed by atoms with Crippen molar-refractivity contribution in [3.8, 4) is 11.3 Å². The number of carbonyl (C=O) groups is 1. The normalized spacial score (nSPS) is 20.4. The van der Waals surface area contributed by atoms with Gasteiger partial charge in [0.05, 0.1) is 52.1 Å². The predicted molar refractivity (Wildman–Crippen MR) is 127 cm³/mol. The fourth-order valence-corrected chi connectivity index (χ4v) is 4.18. The Kier molecular flexibility index (Phi) is 7.13. The number of amides is 1. The molecule has 9 nitrogen and oxygen atoms in total. The summed E-state index contributed by atoms with van der Waals surface area (Å²) in [7, 11) is 1.23. The van der Waals surface area contributed by atoms with Gasteiger partial charge in [-0.3, -0.25) is 9.78 Å². The number of rotatable bonds is 8. The summed E-state index contributed by atoms with van der Waals surface area (Å²) < 4.78 is 49.2. The van der Waals surface area contributed by atoms with Crippen LogP contribution in [0.1, 0.15) is 37.0 Å². The van der Waals surface area contributed by atoms with Gasteiger partial charge >= 0.3 is 0 Å². The molecule has 3 atom stereocenters. The zero-order valence-electron chi connectivity index (χ0n) is 19.8. The number of anilines is 1. The Balaban J connectivity index is 1.67. The fourth-order valence-electron chi connectivity index (χ4n) is 4.04. The van der Waals surface area contributed by atoms with Crippen LogP contribution in [-0.2, 0) is 4.74 Å². The molecule has 1 amide bonds. The molecular weight excluding hydrogens is 501 g/mol. The molecular formula is C23H26ClF3N6O3. The van der Waals surface area contributed by atoms with Crippen molar-refractivity contribution < 1.29 is 27.8 Å². The van der Waals surface area contributed by atoms with Crippen molar-refractivity contribution >= 4 is 28.8 Å². The van der Waals surface area contributed by atoms with E-state index in [0.29, 0.717) is 21.9 Å². The number of ether oxygens (including phenoxy) is 1. The van der Waals surface area contributed by atoms with Gasteiger partial charge in [0.15, 0.2) is 5.65 Å². The van der Waals surface area contributed by atoms with Crippen molar-refractivity contribution in [2.24, 2.45) is 0 Å². The summed E-state index contributed by atoms with van der Waals surface area (Å²) in [6.07, 6.45) is 2.34. The first-order chi connectivity index (χ1) is 16.9. The third-order valence-electron chi connectivity index (χ3n) is 6.09.